The third kappa shape index (κ3) is 4.89. The van der Waals surface area contributed by atoms with Crippen molar-refractivity contribution in [3.05, 3.63) is 62.9 Å². The van der Waals surface area contributed by atoms with E-state index in [1.807, 2.05) is 30.3 Å². The molecule has 0 aliphatic carbocycles. The van der Waals surface area contributed by atoms with Crippen molar-refractivity contribution >= 4 is 31.4 Å². The Bertz CT molecular complexity index is 1050. The van der Waals surface area contributed by atoms with E-state index >= 15 is 0 Å². The van der Waals surface area contributed by atoms with Crippen LogP contribution in [0.15, 0.2) is 46.1 Å². The van der Waals surface area contributed by atoms with Crippen molar-refractivity contribution in [2.24, 2.45) is 0 Å². The van der Waals surface area contributed by atoms with Gasteiger partial charge in [-0.1, -0.05) is 0 Å². The second-order valence-corrected chi connectivity index (χ2v) is 9.76. The Morgan fingerprint density at radius 3 is 2.57 bits per heavy atom. The van der Waals surface area contributed by atoms with Gasteiger partial charge in [-0.05, 0) is 0 Å². The van der Waals surface area contributed by atoms with Gasteiger partial charge in [-0.25, -0.2) is 0 Å². The van der Waals surface area contributed by atoms with Crippen molar-refractivity contribution in [1.29, 1.82) is 0 Å². The number of hydrogen-bond donors (Lipinski definition) is 1. The predicted octanol–water partition coefficient (Wildman–Crippen LogP) is -0.0153. The van der Waals surface area contributed by atoms with Crippen LogP contribution in [0.1, 0.15) is 32.1 Å². The number of aromatic nitrogens is 2. The molecule has 30 heavy (non-hydrogen) atoms. The summed E-state index contributed by atoms with van der Waals surface area (Å²) < 4.78 is 18.2. The number of carbonyl (C=O) groups excluding carboxylic acids is 2. The number of aromatic amines is 1. The zero-order valence-electron chi connectivity index (χ0n) is 16.7. The summed E-state index contributed by atoms with van der Waals surface area (Å²) in [5.41, 5.74) is -0.772. The van der Waals surface area contributed by atoms with Crippen LogP contribution in [-0.4, -0.2) is 53.7 Å². The van der Waals surface area contributed by atoms with Crippen molar-refractivity contribution < 1.29 is 23.8 Å². The van der Waals surface area contributed by atoms with Crippen LogP contribution in [0.2, 0.25) is 0 Å². The molecule has 1 aromatic heterocycles. The number of ether oxygens (including phenoxy) is 3. The molecule has 1 aliphatic heterocycles. The summed E-state index contributed by atoms with van der Waals surface area (Å²) >= 11 is -0.431. The Balaban J connectivity index is 2.03. The average Bonchev–Trinajstić information content (AvgIpc) is 3.01. The van der Waals surface area contributed by atoms with Crippen molar-refractivity contribution in [2.75, 3.05) is 6.61 Å². The quantitative estimate of drug-likeness (QED) is 0.456. The van der Waals surface area contributed by atoms with Gasteiger partial charge in [-0.2, -0.15) is 0 Å². The summed E-state index contributed by atoms with van der Waals surface area (Å²) in [6.45, 7) is 4.01. The van der Waals surface area contributed by atoms with Gasteiger partial charge >= 0.3 is 178 Å². The van der Waals surface area contributed by atoms with E-state index in [1.54, 1.807) is 6.92 Å². The van der Waals surface area contributed by atoms with E-state index in [0.29, 0.717) is 5.56 Å². The first kappa shape index (κ1) is 22.0. The van der Waals surface area contributed by atoms with Crippen molar-refractivity contribution in [2.45, 2.75) is 44.0 Å². The molecule has 9 nitrogen and oxygen atoms in total. The monoisotopic (exact) mass is 482 g/mol. The Morgan fingerprint density at radius 2 is 1.93 bits per heavy atom. The van der Waals surface area contributed by atoms with Gasteiger partial charge < -0.3 is 0 Å². The molecule has 10 heteroatoms. The Morgan fingerprint density at radius 1 is 1.23 bits per heavy atom. The number of nitrogens with zero attached hydrogens (tertiary/aromatic N) is 1. The van der Waals surface area contributed by atoms with Gasteiger partial charge in [0.25, 0.3) is 0 Å². The molecule has 0 unspecified atom stereocenters. The third-order valence-corrected chi connectivity index (χ3v) is 7.31. The SMILES string of the molecule is CC(=O)OC[C@@]1([Se]c2ccccc2)O[C@@H](n2cc(C)c(=O)[nH]c2=O)C[C@@H]1OC(C)=O. The molecule has 3 atom stereocenters. The first-order chi connectivity index (χ1) is 14.2. The van der Waals surface area contributed by atoms with E-state index in [1.165, 1.54) is 24.6 Å². The number of aryl methyl sites for hydroxylation is 1. The van der Waals surface area contributed by atoms with Crippen molar-refractivity contribution in [3.63, 3.8) is 0 Å². The Labute approximate surface area is 178 Å². The van der Waals surface area contributed by atoms with Crippen LogP contribution < -0.4 is 15.7 Å². The van der Waals surface area contributed by atoms with Gasteiger partial charge in [0, 0.05) is 0 Å². The molecule has 1 saturated heterocycles. The fraction of sp³-hybridized carbons (Fsp3) is 0.400. The summed E-state index contributed by atoms with van der Waals surface area (Å²) in [6.07, 6.45) is 0.0202. The normalized spacial score (nSPS) is 23.2. The molecule has 3 rings (SSSR count). The predicted molar refractivity (Wildman–Crippen MR) is 108 cm³/mol. The van der Waals surface area contributed by atoms with Gasteiger partial charge in [-0.15, -0.1) is 0 Å². The van der Waals surface area contributed by atoms with Gasteiger partial charge in [0.2, 0.25) is 0 Å². The second-order valence-electron chi connectivity index (χ2n) is 6.89. The van der Waals surface area contributed by atoms with E-state index in [4.69, 9.17) is 14.2 Å². The Kier molecular flexibility index (Phi) is 6.60. The summed E-state index contributed by atoms with van der Waals surface area (Å²) in [5, 5.41) is 0. The Hall–Kier alpha value is -2.68. The molecule has 0 spiro atoms. The number of H-pyrrole nitrogens is 1. The van der Waals surface area contributed by atoms with Crippen LogP contribution in [0.25, 0.3) is 0 Å². The molecule has 2 heterocycles. The van der Waals surface area contributed by atoms with E-state index in [2.05, 4.69) is 4.98 Å². The molecule has 0 saturated carbocycles. The number of nitrogens with one attached hydrogen (secondary N) is 1. The molecule has 1 aromatic carbocycles. The number of esters is 2. The van der Waals surface area contributed by atoms with Gasteiger partial charge in [0.1, 0.15) is 0 Å². The maximum atomic E-state index is 12.4. The average molecular weight is 481 g/mol. The summed E-state index contributed by atoms with van der Waals surface area (Å²) in [4.78, 5) is 49.7. The fourth-order valence-electron chi connectivity index (χ4n) is 3.16. The van der Waals surface area contributed by atoms with Crippen molar-refractivity contribution in [3.8, 4) is 0 Å². The third-order valence-electron chi connectivity index (χ3n) is 4.52. The van der Waals surface area contributed by atoms with Crippen LogP contribution in [0.5, 0.6) is 0 Å². The zero-order valence-corrected chi connectivity index (χ0v) is 18.5. The zero-order chi connectivity index (χ0) is 21.9. The molecule has 0 bridgehead atoms. The molecule has 0 amide bonds. The van der Waals surface area contributed by atoms with E-state index in [0.717, 1.165) is 4.46 Å². The van der Waals surface area contributed by atoms with E-state index in [9.17, 15) is 19.2 Å². The molecule has 1 N–H and O–H groups in total. The number of rotatable bonds is 6. The summed E-state index contributed by atoms with van der Waals surface area (Å²) in [5.74, 6) is -1.01. The second kappa shape index (κ2) is 8.99. The van der Waals surface area contributed by atoms with Crippen LogP contribution in [0.3, 0.4) is 0 Å². The molecule has 1 aliphatic rings. The van der Waals surface area contributed by atoms with E-state index < -0.39 is 55.0 Å². The van der Waals surface area contributed by atoms with Gasteiger partial charge in [-0.3, -0.25) is 0 Å². The van der Waals surface area contributed by atoms with Gasteiger partial charge in [0.05, 0.1) is 0 Å². The molecule has 2 aromatic rings. The molecular formula is C20H22N2O7Se. The van der Waals surface area contributed by atoms with Crippen LogP contribution in [0, 0.1) is 6.92 Å². The molecule has 160 valence electrons. The summed E-state index contributed by atoms with van der Waals surface area (Å²) in [6, 6.07) is 9.45. The van der Waals surface area contributed by atoms with E-state index in [-0.39, 0.29) is 13.0 Å². The maximum absolute atomic E-state index is 12.4. The number of benzene rings is 1. The van der Waals surface area contributed by atoms with Gasteiger partial charge in [0.15, 0.2) is 0 Å². The van der Waals surface area contributed by atoms with Crippen LogP contribution in [0.4, 0.5) is 0 Å². The standard InChI is InChI=1S/C20H22N2O7Se/c1-12-10-22(19(26)21-18(12)25)17-9-16(28-14(3)24)20(29-17,11-27-13(2)23)30-15-7-5-4-6-8-15/h4-8,10,16-17H,9,11H2,1-3H3,(H,21,25,26)/t16-,17+,20-/m0/s1. The number of carbonyl (C=O) groups is 2. The fourth-order valence-corrected chi connectivity index (χ4v) is 5.77. The minimum atomic E-state index is -1.14. The molecule has 1 fully saturated rings. The number of hydrogen-bond acceptors (Lipinski definition) is 7. The molecular weight excluding hydrogens is 459 g/mol. The summed E-state index contributed by atoms with van der Waals surface area (Å²) in [7, 11) is 0. The van der Waals surface area contributed by atoms with Crippen LogP contribution >= 0.6 is 0 Å². The van der Waals surface area contributed by atoms with Crippen LogP contribution in [-0.2, 0) is 23.8 Å². The first-order valence-electron chi connectivity index (χ1n) is 9.25. The molecule has 0 radical (unpaired) electrons. The minimum absolute atomic E-state index is 0.136. The topological polar surface area (TPSA) is 117 Å². The first-order valence-corrected chi connectivity index (χ1v) is 11.0. The van der Waals surface area contributed by atoms with Crippen molar-refractivity contribution in [1.82, 2.24) is 9.55 Å².